The van der Waals surface area contributed by atoms with Crippen LogP contribution in [0.25, 0.3) is 0 Å². The van der Waals surface area contributed by atoms with Crippen LogP contribution >= 0.6 is 11.6 Å². The lowest BCUT2D eigenvalue weighted by Gasteiger charge is -2.29. The predicted octanol–water partition coefficient (Wildman–Crippen LogP) is 3.28. The van der Waals surface area contributed by atoms with E-state index in [0.717, 1.165) is 5.56 Å². The molecule has 0 amide bonds. The number of halogens is 1. The van der Waals surface area contributed by atoms with Crippen molar-refractivity contribution in [3.05, 3.63) is 34.9 Å². The molecule has 0 N–H and O–H groups in total. The molecule has 0 aliphatic rings. The van der Waals surface area contributed by atoms with Gasteiger partial charge in [0.15, 0.2) is 0 Å². The van der Waals surface area contributed by atoms with Gasteiger partial charge in [0.05, 0.1) is 6.61 Å². The third-order valence-corrected chi connectivity index (χ3v) is 3.42. The van der Waals surface area contributed by atoms with Gasteiger partial charge in [-0.25, -0.2) is 0 Å². The number of ether oxygens (including phenoxy) is 1. The zero-order valence-corrected chi connectivity index (χ0v) is 12.1. The van der Waals surface area contributed by atoms with Crippen molar-refractivity contribution in [3.8, 4) is 0 Å². The first kappa shape index (κ1) is 15.0. The number of carbonyl (C=O) groups excluding carboxylic acids is 1. The van der Waals surface area contributed by atoms with Gasteiger partial charge in [-0.05, 0) is 45.5 Å². The maximum atomic E-state index is 11.7. The van der Waals surface area contributed by atoms with E-state index in [2.05, 4.69) is 0 Å². The summed E-state index contributed by atoms with van der Waals surface area (Å²) in [5.41, 5.74) is 1.08. The number of carbonyl (C=O) groups is 1. The summed E-state index contributed by atoms with van der Waals surface area (Å²) < 4.78 is 5.03. The molecule has 18 heavy (non-hydrogen) atoms. The van der Waals surface area contributed by atoms with E-state index in [-0.39, 0.29) is 18.1 Å². The van der Waals surface area contributed by atoms with Crippen LogP contribution in [0.15, 0.2) is 24.3 Å². The second-order valence-electron chi connectivity index (χ2n) is 4.32. The van der Waals surface area contributed by atoms with Crippen LogP contribution in [-0.4, -0.2) is 30.6 Å². The van der Waals surface area contributed by atoms with Gasteiger partial charge in [0.2, 0.25) is 0 Å². The van der Waals surface area contributed by atoms with E-state index in [0.29, 0.717) is 11.6 Å². The normalized spacial score (nSPS) is 14.3. The standard InChI is InChI=1S/C14H20ClNO2/c1-5-18-14(17)11(3)16(4)10(2)12-7-6-8-13(15)9-12/h6-11H,5H2,1-4H3. The summed E-state index contributed by atoms with van der Waals surface area (Å²) >= 11 is 5.98. The molecule has 1 rings (SSSR count). The first-order valence-electron chi connectivity index (χ1n) is 6.11. The van der Waals surface area contributed by atoms with Crippen molar-refractivity contribution in [3.63, 3.8) is 0 Å². The van der Waals surface area contributed by atoms with Gasteiger partial charge in [-0.15, -0.1) is 0 Å². The lowest BCUT2D eigenvalue weighted by atomic mass is 10.1. The molecule has 0 bridgehead atoms. The summed E-state index contributed by atoms with van der Waals surface area (Å²) in [6.45, 7) is 6.11. The Morgan fingerprint density at radius 2 is 2.11 bits per heavy atom. The highest BCUT2D eigenvalue weighted by atomic mass is 35.5. The Morgan fingerprint density at radius 3 is 2.67 bits per heavy atom. The molecule has 1 aromatic carbocycles. The van der Waals surface area contributed by atoms with E-state index in [9.17, 15) is 4.79 Å². The van der Waals surface area contributed by atoms with Gasteiger partial charge in [0.1, 0.15) is 6.04 Å². The fraction of sp³-hybridized carbons (Fsp3) is 0.500. The molecule has 0 saturated heterocycles. The number of likely N-dealkylation sites (N-methyl/N-ethyl adjacent to an activating group) is 1. The number of benzene rings is 1. The fourth-order valence-corrected chi connectivity index (χ4v) is 1.96. The molecule has 1 aromatic rings. The van der Waals surface area contributed by atoms with Crippen molar-refractivity contribution >= 4 is 17.6 Å². The molecule has 0 spiro atoms. The summed E-state index contributed by atoms with van der Waals surface area (Å²) in [6.07, 6.45) is 0. The van der Waals surface area contributed by atoms with Crippen molar-refractivity contribution in [1.82, 2.24) is 4.90 Å². The van der Waals surface area contributed by atoms with Gasteiger partial charge >= 0.3 is 5.97 Å². The Hall–Kier alpha value is -1.06. The summed E-state index contributed by atoms with van der Waals surface area (Å²) in [4.78, 5) is 13.7. The van der Waals surface area contributed by atoms with Gasteiger partial charge in [-0.2, -0.15) is 0 Å². The van der Waals surface area contributed by atoms with Crippen LogP contribution in [-0.2, 0) is 9.53 Å². The number of nitrogens with zero attached hydrogens (tertiary/aromatic N) is 1. The monoisotopic (exact) mass is 269 g/mol. The molecule has 4 heteroatoms. The van der Waals surface area contributed by atoms with E-state index in [1.807, 2.05) is 57.0 Å². The average Bonchev–Trinajstić information content (AvgIpc) is 2.36. The van der Waals surface area contributed by atoms with Crippen LogP contribution in [0.5, 0.6) is 0 Å². The van der Waals surface area contributed by atoms with E-state index in [1.165, 1.54) is 0 Å². The van der Waals surface area contributed by atoms with Crippen molar-refractivity contribution in [2.45, 2.75) is 32.9 Å². The fourth-order valence-electron chi connectivity index (χ4n) is 1.77. The minimum absolute atomic E-state index is 0.100. The molecule has 0 fully saturated rings. The quantitative estimate of drug-likeness (QED) is 0.769. The molecule has 3 nitrogen and oxygen atoms in total. The number of hydrogen-bond donors (Lipinski definition) is 0. The minimum atomic E-state index is -0.279. The summed E-state index contributed by atoms with van der Waals surface area (Å²) in [7, 11) is 1.91. The Balaban J connectivity index is 2.77. The largest absolute Gasteiger partial charge is 0.465 e. The van der Waals surface area contributed by atoms with Crippen LogP contribution in [0.1, 0.15) is 32.4 Å². The lowest BCUT2D eigenvalue weighted by molar-refractivity contribution is -0.149. The third-order valence-electron chi connectivity index (χ3n) is 3.18. The van der Waals surface area contributed by atoms with Crippen LogP contribution in [0.2, 0.25) is 5.02 Å². The van der Waals surface area contributed by atoms with Crippen molar-refractivity contribution in [2.24, 2.45) is 0 Å². The Kier molecular flexibility index (Phi) is 5.63. The molecule has 0 aliphatic carbocycles. The molecule has 0 heterocycles. The highest BCUT2D eigenvalue weighted by Gasteiger charge is 2.24. The predicted molar refractivity (Wildman–Crippen MR) is 73.7 cm³/mol. The summed E-state index contributed by atoms with van der Waals surface area (Å²) in [5, 5.41) is 0.705. The number of hydrogen-bond acceptors (Lipinski definition) is 3. The number of rotatable bonds is 5. The van der Waals surface area contributed by atoms with Crippen molar-refractivity contribution in [1.29, 1.82) is 0 Å². The molecule has 0 aliphatic heterocycles. The first-order chi connectivity index (χ1) is 8.47. The molecule has 0 saturated carbocycles. The third kappa shape index (κ3) is 3.72. The molecular formula is C14H20ClNO2. The smallest absolute Gasteiger partial charge is 0.323 e. The molecule has 100 valence electrons. The van der Waals surface area contributed by atoms with Gasteiger partial charge in [-0.3, -0.25) is 9.69 Å². The van der Waals surface area contributed by atoms with Crippen LogP contribution in [0.3, 0.4) is 0 Å². The number of esters is 1. The summed E-state index contributed by atoms with van der Waals surface area (Å²) in [6, 6.07) is 7.50. The molecule has 2 atom stereocenters. The van der Waals surface area contributed by atoms with Crippen LogP contribution < -0.4 is 0 Å². The van der Waals surface area contributed by atoms with Crippen molar-refractivity contribution in [2.75, 3.05) is 13.7 Å². The summed E-state index contributed by atoms with van der Waals surface area (Å²) in [5.74, 6) is -0.200. The van der Waals surface area contributed by atoms with Gasteiger partial charge < -0.3 is 4.74 Å². The molecular weight excluding hydrogens is 250 g/mol. The topological polar surface area (TPSA) is 29.5 Å². The van der Waals surface area contributed by atoms with E-state index >= 15 is 0 Å². The van der Waals surface area contributed by atoms with E-state index < -0.39 is 0 Å². The maximum absolute atomic E-state index is 11.7. The van der Waals surface area contributed by atoms with Gasteiger partial charge in [-0.1, -0.05) is 23.7 Å². The van der Waals surface area contributed by atoms with Crippen LogP contribution in [0, 0.1) is 0 Å². The van der Waals surface area contributed by atoms with Gasteiger partial charge in [0, 0.05) is 11.1 Å². The minimum Gasteiger partial charge on any atom is -0.465 e. The zero-order valence-electron chi connectivity index (χ0n) is 11.3. The second-order valence-corrected chi connectivity index (χ2v) is 4.76. The second kappa shape index (κ2) is 6.76. The lowest BCUT2D eigenvalue weighted by Crippen LogP contribution is -2.38. The highest BCUT2D eigenvalue weighted by molar-refractivity contribution is 6.30. The molecule has 0 radical (unpaired) electrons. The van der Waals surface area contributed by atoms with Crippen LogP contribution in [0.4, 0.5) is 0 Å². The molecule has 0 aromatic heterocycles. The first-order valence-corrected chi connectivity index (χ1v) is 6.49. The van der Waals surface area contributed by atoms with E-state index in [4.69, 9.17) is 16.3 Å². The zero-order chi connectivity index (χ0) is 13.7. The highest BCUT2D eigenvalue weighted by Crippen LogP contribution is 2.23. The van der Waals surface area contributed by atoms with Gasteiger partial charge in [0.25, 0.3) is 0 Å². The molecule has 2 unspecified atom stereocenters. The van der Waals surface area contributed by atoms with Crippen molar-refractivity contribution < 1.29 is 9.53 Å². The van der Waals surface area contributed by atoms with E-state index in [1.54, 1.807) is 0 Å². The maximum Gasteiger partial charge on any atom is 0.323 e. The SMILES string of the molecule is CCOC(=O)C(C)N(C)C(C)c1cccc(Cl)c1. The average molecular weight is 270 g/mol. The Labute approximate surface area is 114 Å². The Morgan fingerprint density at radius 1 is 1.44 bits per heavy atom. The Bertz CT molecular complexity index is 409.